The molecule has 0 saturated heterocycles. The lowest BCUT2D eigenvalue weighted by Gasteiger charge is -2.11. The van der Waals surface area contributed by atoms with Gasteiger partial charge in [0.05, 0.1) is 6.42 Å². The van der Waals surface area contributed by atoms with E-state index in [1.54, 1.807) is 6.92 Å². The molecule has 0 bridgehead atoms. The van der Waals surface area contributed by atoms with Crippen LogP contribution in [0.15, 0.2) is 22.7 Å². The first kappa shape index (κ1) is 13.3. The Bertz CT molecular complexity index is 604. The van der Waals surface area contributed by atoms with Gasteiger partial charge in [0.1, 0.15) is 0 Å². The maximum Gasteiger partial charge on any atom is 0.303 e. The molecule has 0 amide bonds. The third-order valence-corrected chi connectivity index (χ3v) is 3.07. The summed E-state index contributed by atoms with van der Waals surface area (Å²) < 4.78 is 4.97. The number of aryl methyl sites for hydroxylation is 2. The van der Waals surface area contributed by atoms with Gasteiger partial charge in [-0.1, -0.05) is 30.3 Å². The summed E-state index contributed by atoms with van der Waals surface area (Å²) in [6, 6.07) is 5.81. The Balaban J connectivity index is 2.29. The second-order valence-corrected chi connectivity index (χ2v) is 4.71. The minimum absolute atomic E-state index is 0.0164. The van der Waals surface area contributed by atoms with Crippen molar-refractivity contribution in [2.24, 2.45) is 0 Å². The van der Waals surface area contributed by atoms with E-state index in [2.05, 4.69) is 10.1 Å². The summed E-state index contributed by atoms with van der Waals surface area (Å²) in [7, 11) is 0. The quantitative estimate of drug-likeness (QED) is 0.914. The molecule has 0 aliphatic heterocycles. The van der Waals surface area contributed by atoms with Crippen LogP contribution in [0.5, 0.6) is 0 Å². The zero-order valence-corrected chi connectivity index (χ0v) is 11.2. The zero-order chi connectivity index (χ0) is 14.0. The Kier molecular flexibility index (Phi) is 3.64. The monoisotopic (exact) mass is 260 g/mol. The summed E-state index contributed by atoms with van der Waals surface area (Å²) in [4.78, 5) is 14.9. The van der Waals surface area contributed by atoms with Crippen LogP contribution in [0.1, 0.15) is 36.3 Å². The van der Waals surface area contributed by atoms with Crippen LogP contribution in [0.3, 0.4) is 0 Å². The van der Waals surface area contributed by atoms with E-state index in [0.29, 0.717) is 11.7 Å². The first-order valence-corrected chi connectivity index (χ1v) is 6.10. The van der Waals surface area contributed by atoms with E-state index in [4.69, 9.17) is 9.63 Å². The fraction of sp³-hybridized carbons (Fsp3) is 0.357. The van der Waals surface area contributed by atoms with E-state index in [1.165, 1.54) is 0 Å². The molecule has 0 aliphatic rings. The molecule has 5 heteroatoms. The van der Waals surface area contributed by atoms with Gasteiger partial charge in [-0.15, -0.1) is 0 Å². The molecule has 100 valence electrons. The Hall–Kier alpha value is -2.17. The van der Waals surface area contributed by atoms with Gasteiger partial charge < -0.3 is 9.63 Å². The second-order valence-electron chi connectivity index (χ2n) is 4.71. The van der Waals surface area contributed by atoms with Crippen molar-refractivity contribution in [3.8, 4) is 11.4 Å². The van der Waals surface area contributed by atoms with E-state index in [9.17, 15) is 4.79 Å². The van der Waals surface area contributed by atoms with Crippen molar-refractivity contribution in [2.75, 3.05) is 0 Å². The van der Waals surface area contributed by atoms with Gasteiger partial charge in [-0.05, 0) is 24.0 Å². The summed E-state index contributed by atoms with van der Waals surface area (Å²) in [5.74, 6) is 0.283. The zero-order valence-electron chi connectivity index (χ0n) is 11.2. The molecule has 2 aromatic rings. The predicted octanol–water partition coefficient (Wildman–Crippen LogP) is 2.93. The van der Waals surface area contributed by atoms with Crippen molar-refractivity contribution in [1.29, 1.82) is 0 Å². The van der Waals surface area contributed by atoms with Crippen LogP contribution < -0.4 is 0 Å². The van der Waals surface area contributed by atoms with Crippen LogP contribution >= 0.6 is 0 Å². The molecule has 0 fully saturated rings. The highest BCUT2D eigenvalue weighted by atomic mass is 16.5. The van der Waals surface area contributed by atoms with E-state index >= 15 is 0 Å². The van der Waals surface area contributed by atoms with Gasteiger partial charge in [-0.25, -0.2) is 0 Å². The number of carboxylic acids is 1. The Morgan fingerprint density at radius 1 is 1.42 bits per heavy atom. The fourth-order valence-electron chi connectivity index (χ4n) is 2.03. The highest BCUT2D eigenvalue weighted by molar-refractivity contribution is 5.68. The molecule has 1 N–H and O–H groups in total. The summed E-state index contributed by atoms with van der Waals surface area (Å²) in [5.41, 5.74) is 2.92. The third kappa shape index (κ3) is 2.99. The second kappa shape index (κ2) is 5.22. The Morgan fingerprint density at radius 3 is 2.68 bits per heavy atom. The van der Waals surface area contributed by atoms with Crippen molar-refractivity contribution in [2.45, 2.75) is 33.1 Å². The smallest absolute Gasteiger partial charge is 0.303 e. The van der Waals surface area contributed by atoms with E-state index in [1.807, 2.05) is 32.0 Å². The van der Waals surface area contributed by atoms with Gasteiger partial charge in [-0.2, -0.15) is 4.98 Å². The summed E-state index contributed by atoms with van der Waals surface area (Å²) in [6.45, 7) is 5.61. The molecule has 0 spiro atoms. The maximum absolute atomic E-state index is 10.7. The number of aliphatic carboxylic acids is 1. The SMILES string of the molecule is Cc1nc(-c2ccc(C(C)CC(=O)O)cc2C)no1. The van der Waals surface area contributed by atoms with Crippen LogP contribution in [-0.2, 0) is 4.79 Å². The van der Waals surface area contributed by atoms with Crippen LogP contribution in [0.25, 0.3) is 11.4 Å². The molecule has 0 radical (unpaired) electrons. The highest BCUT2D eigenvalue weighted by Crippen LogP contribution is 2.26. The minimum Gasteiger partial charge on any atom is -0.481 e. The average Bonchev–Trinajstić information content (AvgIpc) is 2.74. The summed E-state index contributed by atoms with van der Waals surface area (Å²) in [6.07, 6.45) is 0.125. The molecule has 0 aliphatic carbocycles. The van der Waals surface area contributed by atoms with Gasteiger partial charge in [0, 0.05) is 12.5 Å². The van der Waals surface area contributed by atoms with Crippen LogP contribution in [0, 0.1) is 13.8 Å². The highest BCUT2D eigenvalue weighted by Gasteiger charge is 2.13. The number of hydrogen-bond donors (Lipinski definition) is 1. The average molecular weight is 260 g/mol. The fourth-order valence-corrected chi connectivity index (χ4v) is 2.03. The first-order chi connectivity index (χ1) is 8.97. The van der Waals surface area contributed by atoms with E-state index in [-0.39, 0.29) is 12.3 Å². The van der Waals surface area contributed by atoms with Crippen molar-refractivity contribution >= 4 is 5.97 Å². The molecule has 19 heavy (non-hydrogen) atoms. The molecule has 2 rings (SSSR count). The topological polar surface area (TPSA) is 76.2 Å². The van der Waals surface area contributed by atoms with Crippen molar-refractivity contribution in [3.05, 3.63) is 35.2 Å². The molecule has 1 atom stereocenters. The molecule has 5 nitrogen and oxygen atoms in total. The van der Waals surface area contributed by atoms with Gasteiger partial charge in [0.15, 0.2) is 0 Å². The van der Waals surface area contributed by atoms with Crippen LogP contribution in [0.2, 0.25) is 0 Å². The number of benzene rings is 1. The van der Waals surface area contributed by atoms with Crippen LogP contribution in [0.4, 0.5) is 0 Å². The molecular weight excluding hydrogens is 244 g/mol. The first-order valence-electron chi connectivity index (χ1n) is 6.10. The van der Waals surface area contributed by atoms with Crippen molar-refractivity contribution in [3.63, 3.8) is 0 Å². The molecule has 1 unspecified atom stereocenters. The summed E-state index contributed by atoms with van der Waals surface area (Å²) in [5, 5.41) is 12.7. The number of nitrogens with zero attached hydrogens (tertiary/aromatic N) is 2. The standard InChI is InChI=1S/C14H16N2O3/c1-8(7-13(17)18)11-4-5-12(9(2)6-11)14-15-10(3)19-16-14/h4-6,8H,7H2,1-3H3,(H,17,18). The molecule has 1 aromatic carbocycles. The lowest BCUT2D eigenvalue weighted by atomic mass is 9.94. The lowest BCUT2D eigenvalue weighted by molar-refractivity contribution is -0.137. The maximum atomic E-state index is 10.7. The summed E-state index contributed by atoms with van der Waals surface area (Å²) >= 11 is 0. The van der Waals surface area contributed by atoms with Gasteiger partial charge in [0.2, 0.25) is 11.7 Å². The predicted molar refractivity (Wildman–Crippen MR) is 69.9 cm³/mol. The van der Waals surface area contributed by atoms with Crippen LogP contribution in [-0.4, -0.2) is 21.2 Å². The van der Waals surface area contributed by atoms with E-state index < -0.39 is 5.97 Å². The van der Waals surface area contributed by atoms with Gasteiger partial charge in [0.25, 0.3) is 0 Å². The Morgan fingerprint density at radius 2 is 2.16 bits per heavy atom. The third-order valence-electron chi connectivity index (χ3n) is 3.07. The number of carboxylic acid groups (broad SMARTS) is 1. The van der Waals surface area contributed by atoms with Gasteiger partial charge >= 0.3 is 5.97 Å². The minimum atomic E-state index is -0.789. The lowest BCUT2D eigenvalue weighted by Crippen LogP contribution is -2.03. The van der Waals surface area contributed by atoms with Gasteiger partial charge in [-0.3, -0.25) is 4.79 Å². The molecule has 1 aromatic heterocycles. The van der Waals surface area contributed by atoms with Crippen molar-refractivity contribution in [1.82, 2.24) is 10.1 Å². The molecule has 1 heterocycles. The molecule has 0 saturated carbocycles. The Labute approximate surface area is 111 Å². The number of carbonyl (C=O) groups is 1. The number of aromatic nitrogens is 2. The largest absolute Gasteiger partial charge is 0.481 e. The van der Waals surface area contributed by atoms with Crippen molar-refractivity contribution < 1.29 is 14.4 Å². The van der Waals surface area contributed by atoms with E-state index in [0.717, 1.165) is 16.7 Å². The molecular formula is C14H16N2O3. The normalized spacial score (nSPS) is 12.4. The number of rotatable bonds is 4. The number of hydrogen-bond acceptors (Lipinski definition) is 4.